The molecule has 2 fully saturated rings. The van der Waals surface area contributed by atoms with Gasteiger partial charge in [-0.3, -0.25) is 14.3 Å². The molecule has 1 saturated carbocycles. The van der Waals surface area contributed by atoms with Gasteiger partial charge in [-0.25, -0.2) is 9.67 Å². The van der Waals surface area contributed by atoms with Gasteiger partial charge in [-0.15, -0.1) is 0 Å². The molecule has 5 rings (SSSR count). The lowest BCUT2D eigenvalue weighted by Crippen LogP contribution is -2.41. The van der Waals surface area contributed by atoms with Crippen molar-refractivity contribution < 1.29 is 4.79 Å². The molecule has 33 heavy (non-hydrogen) atoms. The van der Waals surface area contributed by atoms with Crippen molar-refractivity contribution in [3.8, 4) is 0 Å². The van der Waals surface area contributed by atoms with Crippen molar-refractivity contribution in [1.82, 2.24) is 24.2 Å². The zero-order chi connectivity index (χ0) is 22.8. The van der Waals surface area contributed by atoms with Gasteiger partial charge < -0.3 is 5.32 Å². The van der Waals surface area contributed by atoms with Crippen LogP contribution in [0.2, 0.25) is 0 Å². The third-order valence-corrected chi connectivity index (χ3v) is 6.86. The van der Waals surface area contributed by atoms with E-state index in [1.165, 1.54) is 18.4 Å². The van der Waals surface area contributed by atoms with Gasteiger partial charge in [0.05, 0.1) is 19.1 Å². The molecule has 1 N–H and O–H groups in total. The number of anilines is 1. The number of amides is 1. The number of carbonyl (C=O) groups excluding carboxylic acids is 1. The maximum Gasteiger partial charge on any atom is 0.229 e. The standard InChI is InChI=1S/C25H30N6OS/c1-18-7-5-11-22(26-18)27-24(32)21-10-6-14-29(16-21)17-31-25(33)30(23(28-31)20-12-13-20)15-19-8-3-2-4-9-19/h2-5,7-9,11,20-21H,6,10,12-17H2,1H3,(H,26,27,32). The van der Waals surface area contributed by atoms with Gasteiger partial charge in [-0.2, -0.15) is 5.10 Å². The van der Waals surface area contributed by atoms with Gasteiger partial charge in [-0.1, -0.05) is 36.4 Å². The SMILES string of the molecule is Cc1cccc(NC(=O)C2CCCN(Cn3nc(C4CC4)n(Cc4ccccc4)c3=S)C2)n1. The molecule has 1 aromatic carbocycles. The summed E-state index contributed by atoms with van der Waals surface area (Å²) in [5.41, 5.74) is 2.12. The van der Waals surface area contributed by atoms with E-state index in [2.05, 4.69) is 44.0 Å². The number of carbonyl (C=O) groups is 1. The molecule has 2 aliphatic rings. The lowest BCUT2D eigenvalue weighted by Gasteiger charge is -2.31. The van der Waals surface area contributed by atoms with Crippen molar-refractivity contribution in [3.05, 3.63) is 70.4 Å². The van der Waals surface area contributed by atoms with E-state index < -0.39 is 0 Å². The number of likely N-dealkylation sites (tertiary alicyclic amines) is 1. The van der Waals surface area contributed by atoms with Crippen LogP contribution in [0.4, 0.5) is 5.82 Å². The number of rotatable bonds is 7. The van der Waals surface area contributed by atoms with Crippen molar-refractivity contribution in [2.24, 2.45) is 5.92 Å². The molecule has 2 aromatic heterocycles. The minimum absolute atomic E-state index is 0.0367. The van der Waals surface area contributed by atoms with E-state index >= 15 is 0 Å². The molecular formula is C25H30N6OS. The second kappa shape index (κ2) is 9.57. The number of aryl methyl sites for hydroxylation is 1. The molecular weight excluding hydrogens is 432 g/mol. The summed E-state index contributed by atoms with van der Waals surface area (Å²) in [6, 6.07) is 16.1. The highest BCUT2D eigenvalue weighted by atomic mass is 32.1. The summed E-state index contributed by atoms with van der Waals surface area (Å²) in [6.07, 6.45) is 4.22. The van der Waals surface area contributed by atoms with Crippen LogP contribution in [-0.2, 0) is 18.0 Å². The van der Waals surface area contributed by atoms with Gasteiger partial charge in [0.2, 0.25) is 5.91 Å². The lowest BCUT2D eigenvalue weighted by atomic mass is 9.97. The quantitative estimate of drug-likeness (QED) is 0.529. The van der Waals surface area contributed by atoms with Crippen LogP contribution in [-0.4, -0.2) is 43.2 Å². The van der Waals surface area contributed by atoms with Crippen LogP contribution in [0.5, 0.6) is 0 Å². The zero-order valence-electron chi connectivity index (χ0n) is 19.0. The second-order valence-corrected chi connectivity index (χ2v) is 9.56. The molecule has 1 aliphatic carbocycles. The number of hydrogen-bond acceptors (Lipinski definition) is 5. The Morgan fingerprint density at radius 1 is 1.12 bits per heavy atom. The Morgan fingerprint density at radius 3 is 2.70 bits per heavy atom. The maximum absolute atomic E-state index is 12.9. The monoisotopic (exact) mass is 462 g/mol. The van der Waals surface area contributed by atoms with Gasteiger partial charge in [-0.05, 0) is 69.1 Å². The molecule has 3 heterocycles. The predicted octanol–water partition coefficient (Wildman–Crippen LogP) is 4.35. The average Bonchev–Trinajstić information content (AvgIpc) is 3.62. The molecule has 1 atom stereocenters. The molecule has 1 saturated heterocycles. The minimum atomic E-state index is -0.0652. The first-order chi connectivity index (χ1) is 16.1. The van der Waals surface area contributed by atoms with Crippen LogP contribution in [0.1, 0.15) is 48.7 Å². The van der Waals surface area contributed by atoms with Gasteiger partial charge in [0.15, 0.2) is 4.77 Å². The number of hydrogen-bond donors (Lipinski definition) is 1. The first kappa shape index (κ1) is 22.0. The molecule has 172 valence electrons. The Hall–Kier alpha value is -2.84. The molecule has 0 bridgehead atoms. The Bertz CT molecular complexity index is 1180. The average molecular weight is 463 g/mol. The molecule has 1 aliphatic heterocycles. The molecule has 0 radical (unpaired) electrons. The third-order valence-electron chi connectivity index (χ3n) is 6.43. The summed E-state index contributed by atoms with van der Waals surface area (Å²) < 4.78 is 4.91. The van der Waals surface area contributed by atoms with E-state index in [4.69, 9.17) is 17.3 Å². The van der Waals surface area contributed by atoms with Crippen molar-refractivity contribution in [1.29, 1.82) is 0 Å². The normalized spacial score (nSPS) is 18.9. The predicted molar refractivity (Wildman–Crippen MR) is 130 cm³/mol. The Labute approximate surface area is 199 Å². The number of benzene rings is 1. The molecule has 1 amide bonds. The highest BCUT2D eigenvalue weighted by Crippen LogP contribution is 2.39. The summed E-state index contributed by atoms with van der Waals surface area (Å²) in [6.45, 7) is 4.93. The van der Waals surface area contributed by atoms with Gasteiger partial charge in [0, 0.05) is 18.2 Å². The largest absolute Gasteiger partial charge is 0.310 e. The molecule has 0 spiro atoms. The molecule has 3 aromatic rings. The van der Waals surface area contributed by atoms with Crippen LogP contribution in [0.15, 0.2) is 48.5 Å². The topological polar surface area (TPSA) is 68.0 Å². The highest BCUT2D eigenvalue weighted by molar-refractivity contribution is 7.71. The van der Waals surface area contributed by atoms with Crippen molar-refractivity contribution >= 4 is 23.9 Å². The van der Waals surface area contributed by atoms with Gasteiger partial charge in [0.1, 0.15) is 11.6 Å². The smallest absolute Gasteiger partial charge is 0.229 e. The fourth-order valence-electron chi connectivity index (χ4n) is 4.54. The fourth-order valence-corrected chi connectivity index (χ4v) is 4.79. The summed E-state index contributed by atoms with van der Waals surface area (Å²) in [5.74, 6) is 2.20. The summed E-state index contributed by atoms with van der Waals surface area (Å²) in [7, 11) is 0. The minimum Gasteiger partial charge on any atom is -0.310 e. The van der Waals surface area contributed by atoms with Crippen LogP contribution >= 0.6 is 12.2 Å². The van der Waals surface area contributed by atoms with E-state index in [-0.39, 0.29) is 11.8 Å². The fraction of sp³-hybridized carbons (Fsp3) is 0.440. The number of piperidine rings is 1. The van der Waals surface area contributed by atoms with Gasteiger partial charge >= 0.3 is 0 Å². The molecule has 7 nitrogen and oxygen atoms in total. The Morgan fingerprint density at radius 2 is 1.94 bits per heavy atom. The zero-order valence-corrected chi connectivity index (χ0v) is 19.8. The second-order valence-electron chi connectivity index (χ2n) is 9.20. The van der Waals surface area contributed by atoms with Crippen LogP contribution < -0.4 is 5.32 Å². The van der Waals surface area contributed by atoms with Crippen molar-refractivity contribution in [3.63, 3.8) is 0 Å². The Kier molecular flexibility index (Phi) is 6.37. The third kappa shape index (κ3) is 5.23. The number of pyridine rings is 1. The number of nitrogens with one attached hydrogen (secondary N) is 1. The van der Waals surface area contributed by atoms with Crippen LogP contribution in [0.25, 0.3) is 0 Å². The van der Waals surface area contributed by atoms with Crippen LogP contribution in [0, 0.1) is 17.6 Å². The van der Waals surface area contributed by atoms with E-state index in [1.54, 1.807) is 0 Å². The van der Waals surface area contributed by atoms with E-state index in [0.717, 1.165) is 42.2 Å². The van der Waals surface area contributed by atoms with E-state index in [1.807, 2.05) is 35.9 Å². The Balaban J connectivity index is 1.28. The summed E-state index contributed by atoms with van der Waals surface area (Å²) in [4.78, 5) is 19.6. The van der Waals surface area contributed by atoms with Crippen molar-refractivity contribution in [2.75, 3.05) is 18.4 Å². The number of aromatic nitrogens is 4. The van der Waals surface area contributed by atoms with Gasteiger partial charge in [0.25, 0.3) is 0 Å². The van der Waals surface area contributed by atoms with E-state index in [9.17, 15) is 4.79 Å². The van der Waals surface area contributed by atoms with Crippen LogP contribution in [0.3, 0.4) is 0 Å². The van der Waals surface area contributed by atoms with E-state index in [0.29, 0.717) is 24.9 Å². The first-order valence-electron chi connectivity index (χ1n) is 11.7. The maximum atomic E-state index is 12.9. The first-order valence-corrected chi connectivity index (χ1v) is 12.2. The number of nitrogens with zero attached hydrogens (tertiary/aromatic N) is 5. The lowest BCUT2D eigenvalue weighted by molar-refractivity contribution is -0.121. The highest BCUT2D eigenvalue weighted by Gasteiger charge is 2.31. The van der Waals surface area contributed by atoms with Crippen molar-refractivity contribution in [2.45, 2.75) is 51.7 Å². The molecule has 1 unspecified atom stereocenters. The summed E-state index contributed by atoms with van der Waals surface area (Å²) in [5, 5.41) is 7.92. The molecule has 8 heteroatoms. The summed E-state index contributed by atoms with van der Waals surface area (Å²) >= 11 is 5.86.